The highest BCUT2D eigenvalue weighted by atomic mass is 35.5. The van der Waals surface area contributed by atoms with Crippen LogP contribution in [0.15, 0.2) is 53.3 Å². The van der Waals surface area contributed by atoms with E-state index in [0.717, 1.165) is 9.25 Å². The number of nitrogens with zero attached hydrogens (tertiary/aromatic N) is 6. The van der Waals surface area contributed by atoms with E-state index in [4.69, 9.17) is 23.2 Å². The summed E-state index contributed by atoms with van der Waals surface area (Å²) in [5, 5.41) is 9.71. The van der Waals surface area contributed by atoms with Crippen LogP contribution in [0.2, 0.25) is 10.0 Å². The molecule has 0 spiro atoms. The Kier molecular flexibility index (Phi) is 6.81. The molecule has 0 atom stereocenters. The summed E-state index contributed by atoms with van der Waals surface area (Å²) in [5.74, 6) is 1.000. The van der Waals surface area contributed by atoms with Crippen molar-refractivity contribution in [1.82, 2.24) is 29.1 Å². The van der Waals surface area contributed by atoms with Crippen molar-refractivity contribution in [2.24, 2.45) is 0 Å². The van der Waals surface area contributed by atoms with Crippen LogP contribution >= 0.6 is 23.2 Å². The van der Waals surface area contributed by atoms with Crippen molar-refractivity contribution >= 4 is 23.2 Å². The largest absolute Gasteiger partial charge is 0.390 e. The van der Waals surface area contributed by atoms with E-state index >= 15 is 0 Å². The van der Waals surface area contributed by atoms with E-state index < -0.39 is 24.8 Å². The van der Waals surface area contributed by atoms with Crippen molar-refractivity contribution in [1.29, 1.82) is 0 Å². The first-order valence-corrected chi connectivity index (χ1v) is 11.1. The van der Waals surface area contributed by atoms with Crippen molar-refractivity contribution in [3.63, 3.8) is 0 Å². The van der Waals surface area contributed by atoms with Crippen LogP contribution in [0.1, 0.15) is 25.0 Å². The molecule has 0 aliphatic heterocycles. The molecule has 0 aliphatic carbocycles. The molecule has 34 heavy (non-hydrogen) atoms. The average Bonchev–Trinajstić information content (AvgIpc) is 3.33. The Morgan fingerprint density at radius 3 is 2.35 bits per heavy atom. The number of rotatable bonds is 7. The lowest BCUT2D eigenvalue weighted by Gasteiger charge is -2.08. The topological polar surface area (TPSA) is 70.5 Å². The van der Waals surface area contributed by atoms with Gasteiger partial charge in [0.05, 0.1) is 17.1 Å². The first kappa shape index (κ1) is 24.0. The van der Waals surface area contributed by atoms with Crippen LogP contribution < -0.4 is 5.69 Å². The minimum Gasteiger partial charge on any atom is -0.275 e. The second-order valence-electron chi connectivity index (χ2n) is 7.45. The number of hydrogen-bond donors (Lipinski definition) is 0. The van der Waals surface area contributed by atoms with Crippen LogP contribution in [0.4, 0.5) is 13.2 Å². The monoisotopic (exact) mass is 510 g/mol. The van der Waals surface area contributed by atoms with E-state index in [0.29, 0.717) is 33.5 Å². The highest BCUT2D eigenvalue weighted by Gasteiger charge is 2.28. The fraction of sp³-hybridized carbons (Fsp3) is 0.273. The molecule has 0 N–H and O–H groups in total. The van der Waals surface area contributed by atoms with Crippen LogP contribution in [0.5, 0.6) is 0 Å². The number of hydrogen-bond acceptors (Lipinski definition) is 4. The van der Waals surface area contributed by atoms with Gasteiger partial charge < -0.3 is 0 Å². The number of alkyl halides is 3. The fourth-order valence-electron chi connectivity index (χ4n) is 3.43. The molecular weight excluding hydrogens is 492 g/mol. The maximum atomic E-state index is 13.0. The number of aryl methyl sites for hydroxylation is 1. The second-order valence-corrected chi connectivity index (χ2v) is 8.29. The molecule has 0 fully saturated rings. The molecule has 0 saturated carbocycles. The zero-order chi connectivity index (χ0) is 24.5. The summed E-state index contributed by atoms with van der Waals surface area (Å²) in [7, 11) is 0. The van der Waals surface area contributed by atoms with Gasteiger partial charge in [-0.2, -0.15) is 13.2 Å². The molecule has 4 aromatic rings. The Balaban J connectivity index is 1.73. The van der Waals surface area contributed by atoms with Gasteiger partial charge in [-0.1, -0.05) is 42.3 Å². The Morgan fingerprint density at radius 2 is 1.71 bits per heavy atom. The SMILES string of the molecule is CCc1nc(Cn2nc(-c3ccc(Cl)cc3)n(CCC(F)(F)F)c2=O)nn1-c1ccccc1Cl. The molecule has 7 nitrogen and oxygen atoms in total. The van der Waals surface area contributed by atoms with Gasteiger partial charge in [-0.05, 0) is 36.4 Å². The maximum absolute atomic E-state index is 13.0. The summed E-state index contributed by atoms with van der Waals surface area (Å²) in [4.78, 5) is 17.5. The molecule has 0 aliphatic rings. The number of halogens is 5. The summed E-state index contributed by atoms with van der Waals surface area (Å²) < 4.78 is 42.4. The van der Waals surface area contributed by atoms with Crippen LogP contribution in [0.3, 0.4) is 0 Å². The molecular formula is C22H19Cl2F3N6O. The number of aromatic nitrogens is 6. The molecule has 4 rings (SSSR count). The summed E-state index contributed by atoms with van der Waals surface area (Å²) in [5.41, 5.74) is 0.400. The second kappa shape index (κ2) is 9.63. The number of para-hydroxylation sites is 1. The Bertz CT molecular complexity index is 1360. The zero-order valence-corrected chi connectivity index (χ0v) is 19.4. The van der Waals surface area contributed by atoms with E-state index in [2.05, 4.69) is 15.2 Å². The zero-order valence-electron chi connectivity index (χ0n) is 17.9. The average molecular weight is 511 g/mol. The fourth-order valence-corrected chi connectivity index (χ4v) is 3.78. The van der Waals surface area contributed by atoms with Crippen LogP contribution in [-0.4, -0.2) is 35.3 Å². The Morgan fingerprint density at radius 1 is 1.00 bits per heavy atom. The molecule has 2 heterocycles. The first-order valence-electron chi connectivity index (χ1n) is 10.4. The molecule has 0 bridgehead atoms. The van der Waals surface area contributed by atoms with Gasteiger partial charge in [0.25, 0.3) is 0 Å². The van der Waals surface area contributed by atoms with E-state index in [9.17, 15) is 18.0 Å². The standard InChI is InChI=1S/C22H19Cl2F3N6O/c1-2-19-28-18(29-33(19)17-6-4-3-5-16(17)24)13-32-21(34)31(12-11-22(25,26)27)20(30-32)14-7-9-15(23)10-8-14/h3-10H,2,11-13H2,1H3. The summed E-state index contributed by atoms with van der Waals surface area (Å²) in [6.45, 7) is 1.21. The third-order valence-electron chi connectivity index (χ3n) is 5.05. The predicted molar refractivity (Wildman–Crippen MR) is 122 cm³/mol. The maximum Gasteiger partial charge on any atom is 0.390 e. The third kappa shape index (κ3) is 5.18. The Hall–Kier alpha value is -3.11. The van der Waals surface area contributed by atoms with Crippen LogP contribution in [0.25, 0.3) is 17.1 Å². The lowest BCUT2D eigenvalue weighted by atomic mass is 10.2. The van der Waals surface area contributed by atoms with Crippen molar-refractivity contribution in [3.05, 3.63) is 80.7 Å². The highest BCUT2D eigenvalue weighted by Crippen LogP contribution is 2.24. The first-order chi connectivity index (χ1) is 16.2. The van der Waals surface area contributed by atoms with E-state index in [1.165, 1.54) is 0 Å². The molecule has 2 aromatic carbocycles. The van der Waals surface area contributed by atoms with Crippen molar-refractivity contribution in [2.45, 2.75) is 39.0 Å². The van der Waals surface area contributed by atoms with Crippen LogP contribution in [0, 0.1) is 0 Å². The molecule has 0 saturated heterocycles. The summed E-state index contributed by atoms with van der Waals surface area (Å²) in [6, 6.07) is 13.5. The predicted octanol–water partition coefficient (Wildman–Crippen LogP) is 5.16. The van der Waals surface area contributed by atoms with Gasteiger partial charge in [0.2, 0.25) is 0 Å². The van der Waals surface area contributed by atoms with Gasteiger partial charge in [-0.15, -0.1) is 10.2 Å². The quantitative estimate of drug-likeness (QED) is 0.344. The molecule has 0 amide bonds. The van der Waals surface area contributed by atoms with Crippen molar-refractivity contribution in [3.8, 4) is 17.1 Å². The minimum atomic E-state index is -4.43. The Labute approximate surface area is 202 Å². The van der Waals surface area contributed by atoms with E-state index in [1.54, 1.807) is 47.1 Å². The van der Waals surface area contributed by atoms with E-state index in [1.807, 2.05) is 13.0 Å². The third-order valence-corrected chi connectivity index (χ3v) is 5.62. The van der Waals surface area contributed by atoms with Gasteiger partial charge in [0, 0.05) is 23.6 Å². The molecule has 178 valence electrons. The smallest absolute Gasteiger partial charge is 0.275 e. The van der Waals surface area contributed by atoms with Gasteiger partial charge in [0.1, 0.15) is 12.4 Å². The summed E-state index contributed by atoms with van der Waals surface area (Å²) >= 11 is 12.2. The lowest BCUT2D eigenvalue weighted by molar-refractivity contribution is -0.136. The number of benzene rings is 2. The normalized spacial score (nSPS) is 11.8. The van der Waals surface area contributed by atoms with Crippen LogP contribution in [-0.2, 0) is 19.5 Å². The van der Waals surface area contributed by atoms with Gasteiger partial charge in [-0.25, -0.2) is 19.1 Å². The lowest BCUT2D eigenvalue weighted by Crippen LogP contribution is -2.27. The van der Waals surface area contributed by atoms with Gasteiger partial charge >= 0.3 is 11.9 Å². The minimum absolute atomic E-state index is 0.104. The van der Waals surface area contributed by atoms with Gasteiger partial charge in [0.15, 0.2) is 11.6 Å². The van der Waals surface area contributed by atoms with Gasteiger partial charge in [-0.3, -0.25) is 4.57 Å². The molecule has 2 aromatic heterocycles. The highest BCUT2D eigenvalue weighted by molar-refractivity contribution is 6.32. The van der Waals surface area contributed by atoms with E-state index in [-0.39, 0.29) is 18.2 Å². The summed E-state index contributed by atoms with van der Waals surface area (Å²) in [6.07, 6.45) is -5.05. The van der Waals surface area contributed by atoms with Crippen molar-refractivity contribution in [2.75, 3.05) is 0 Å². The molecule has 0 unspecified atom stereocenters. The molecule has 12 heteroatoms. The van der Waals surface area contributed by atoms with Crippen molar-refractivity contribution < 1.29 is 13.2 Å². The molecule has 0 radical (unpaired) electrons.